The van der Waals surface area contributed by atoms with Crippen LogP contribution in [0.4, 0.5) is 5.69 Å². The second kappa shape index (κ2) is 8.44. The lowest BCUT2D eigenvalue weighted by atomic mass is 10.1. The van der Waals surface area contributed by atoms with E-state index in [2.05, 4.69) is 10.6 Å². The molecule has 0 bridgehead atoms. The van der Waals surface area contributed by atoms with Gasteiger partial charge >= 0.3 is 0 Å². The molecular formula is C18H21ClN2O2. The highest BCUT2D eigenvalue weighted by molar-refractivity contribution is 6.31. The maximum Gasteiger partial charge on any atom is 0.239 e. The van der Waals surface area contributed by atoms with Gasteiger partial charge in [-0.25, -0.2) is 0 Å². The van der Waals surface area contributed by atoms with E-state index in [0.29, 0.717) is 11.6 Å². The zero-order chi connectivity index (χ0) is 16.7. The zero-order valence-corrected chi connectivity index (χ0v) is 14.1. The lowest BCUT2D eigenvalue weighted by molar-refractivity contribution is -0.119. The Morgan fingerprint density at radius 1 is 1.22 bits per heavy atom. The zero-order valence-electron chi connectivity index (χ0n) is 13.4. The molecule has 0 atom stereocenters. The molecule has 5 heteroatoms. The first-order valence-electron chi connectivity index (χ1n) is 7.49. The second-order valence-corrected chi connectivity index (χ2v) is 5.64. The average molecular weight is 333 g/mol. The SMILES string of the molecule is COc1ccccc1CCNC(=O)CNc1ccc(C)c(Cl)c1. The molecule has 0 spiro atoms. The van der Waals surface area contributed by atoms with Crippen LogP contribution >= 0.6 is 11.6 Å². The van der Waals surface area contributed by atoms with Crippen molar-refractivity contribution < 1.29 is 9.53 Å². The highest BCUT2D eigenvalue weighted by atomic mass is 35.5. The van der Waals surface area contributed by atoms with E-state index in [-0.39, 0.29) is 12.5 Å². The minimum atomic E-state index is -0.0587. The fraction of sp³-hybridized carbons (Fsp3) is 0.278. The Kier molecular flexibility index (Phi) is 6.29. The second-order valence-electron chi connectivity index (χ2n) is 5.23. The number of nitrogens with one attached hydrogen (secondary N) is 2. The van der Waals surface area contributed by atoms with Gasteiger partial charge in [-0.3, -0.25) is 4.79 Å². The molecule has 0 fully saturated rings. The van der Waals surface area contributed by atoms with E-state index in [1.807, 2.05) is 49.4 Å². The molecule has 0 unspecified atom stereocenters. The van der Waals surface area contributed by atoms with E-state index in [0.717, 1.165) is 29.0 Å². The molecule has 2 aromatic rings. The number of aryl methyl sites for hydroxylation is 1. The Morgan fingerprint density at radius 2 is 2.00 bits per heavy atom. The lowest BCUT2D eigenvalue weighted by Crippen LogP contribution is -2.31. The number of amides is 1. The molecule has 122 valence electrons. The number of rotatable bonds is 7. The summed E-state index contributed by atoms with van der Waals surface area (Å²) in [6.45, 7) is 2.72. The third-order valence-corrected chi connectivity index (χ3v) is 3.94. The fourth-order valence-electron chi connectivity index (χ4n) is 2.19. The molecule has 2 rings (SSSR count). The van der Waals surface area contributed by atoms with Gasteiger partial charge in [0.1, 0.15) is 5.75 Å². The number of ether oxygens (including phenoxy) is 1. The van der Waals surface area contributed by atoms with Gasteiger partial charge in [0.05, 0.1) is 13.7 Å². The van der Waals surface area contributed by atoms with Crippen molar-refractivity contribution in [2.75, 3.05) is 25.5 Å². The van der Waals surface area contributed by atoms with Crippen LogP contribution in [0.25, 0.3) is 0 Å². The van der Waals surface area contributed by atoms with Gasteiger partial charge in [-0.1, -0.05) is 35.9 Å². The third kappa shape index (κ3) is 5.18. The van der Waals surface area contributed by atoms with E-state index in [4.69, 9.17) is 16.3 Å². The molecule has 0 aliphatic rings. The summed E-state index contributed by atoms with van der Waals surface area (Å²) in [6.07, 6.45) is 0.728. The number of hydrogen-bond donors (Lipinski definition) is 2. The maximum atomic E-state index is 11.9. The van der Waals surface area contributed by atoms with Crippen LogP contribution in [0.15, 0.2) is 42.5 Å². The van der Waals surface area contributed by atoms with E-state index >= 15 is 0 Å². The number of hydrogen-bond acceptors (Lipinski definition) is 3. The number of halogens is 1. The standard InChI is InChI=1S/C18H21ClN2O2/c1-13-7-8-15(11-16(13)19)21-12-18(22)20-10-9-14-5-3-4-6-17(14)23-2/h3-8,11,21H,9-10,12H2,1-2H3,(H,20,22). The van der Waals surface area contributed by atoms with Crippen molar-refractivity contribution in [1.29, 1.82) is 0 Å². The lowest BCUT2D eigenvalue weighted by Gasteiger charge is -2.10. The highest BCUT2D eigenvalue weighted by Crippen LogP contribution is 2.19. The first-order chi connectivity index (χ1) is 11.1. The summed E-state index contributed by atoms with van der Waals surface area (Å²) in [7, 11) is 1.65. The van der Waals surface area contributed by atoms with Gasteiger partial charge in [-0.05, 0) is 42.7 Å². The molecule has 23 heavy (non-hydrogen) atoms. The molecule has 0 aromatic heterocycles. The highest BCUT2D eigenvalue weighted by Gasteiger charge is 2.04. The number of benzene rings is 2. The van der Waals surface area contributed by atoms with Crippen LogP contribution < -0.4 is 15.4 Å². The summed E-state index contributed by atoms with van der Waals surface area (Å²) < 4.78 is 5.29. The Balaban J connectivity index is 1.76. The van der Waals surface area contributed by atoms with Crippen LogP contribution in [0.2, 0.25) is 5.02 Å². The number of carbonyl (C=O) groups is 1. The quantitative estimate of drug-likeness (QED) is 0.816. The smallest absolute Gasteiger partial charge is 0.239 e. The predicted molar refractivity (Wildman–Crippen MR) is 94.4 cm³/mol. The topological polar surface area (TPSA) is 50.4 Å². The monoisotopic (exact) mass is 332 g/mol. The predicted octanol–water partition coefficient (Wildman–Crippen LogP) is 3.43. The molecule has 0 aliphatic heterocycles. The molecular weight excluding hydrogens is 312 g/mol. The Hall–Kier alpha value is -2.20. The minimum Gasteiger partial charge on any atom is -0.496 e. The Morgan fingerprint density at radius 3 is 2.74 bits per heavy atom. The van der Waals surface area contributed by atoms with Crippen LogP contribution in [-0.4, -0.2) is 26.1 Å². The average Bonchev–Trinajstić information content (AvgIpc) is 2.56. The number of para-hydroxylation sites is 1. The summed E-state index contributed by atoms with van der Waals surface area (Å²) in [5, 5.41) is 6.64. The summed E-state index contributed by atoms with van der Waals surface area (Å²) in [6, 6.07) is 13.4. The number of carbonyl (C=O) groups excluding carboxylic acids is 1. The van der Waals surface area contributed by atoms with Crippen molar-refractivity contribution in [3.05, 3.63) is 58.6 Å². The van der Waals surface area contributed by atoms with Crippen LogP contribution in [0.1, 0.15) is 11.1 Å². The van der Waals surface area contributed by atoms with E-state index in [1.165, 1.54) is 0 Å². The van der Waals surface area contributed by atoms with Gasteiger partial charge in [0.15, 0.2) is 0 Å². The summed E-state index contributed by atoms with van der Waals surface area (Å²) >= 11 is 6.06. The molecule has 4 nitrogen and oxygen atoms in total. The van der Waals surface area contributed by atoms with Gasteiger partial charge in [0.25, 0.3) is 0 Å². The van der Waals surface area contributed by atoms with Crippen LogP contribution in [0.5, 0.6) is 5.75 Å². The van der Waals surface area contributed by atoms with Crippen LogP contribution in [0.3, 0.4) is 0 Å². The van der Waals surface area contributed by atoms with Gasteiger partial charge < -0.3 is 15.4 Å². The normalized spacial score (nSPS) is 10.2. The van der Waals surface area contributed by atoms with Crippen molar-refractivity contribution >= 4 is 23.2 Å². The third-order valence-electron chi connectivity index (χ3n) is 3.53. The number of methoxy groups -OCH3 is 1. The largest absolute Gasteiger partial charge is 0.496 e. The number of anilines is 1. The first-order valence-corrected chi connectivity index (χ1v) is 7.86. The Bertz CT molecular complexity index is 674. The van der Waals surface area contributed by atoms with Gasteiger partial charge in [0.2, 0.25) is 5.91 Å². The molecule has 0 saturated carbocycles. The van der Waals surface area contributed by atoms with Crippen molar-refractivity contribution in [3.8, 4) is 5.75 Å². The molecule has 2 N–H and O–H groups in total. The molecule has 1 amide bonds. The molecule has 0 saturated heterocycles. The molecule has 2 aromatic carbocycles. The maximum absolute atomic E-state index is 11.9. The van der Waals surface area contributed by atoms with Crippen LogP contribution in [0, 0.1) is 6.92 Å². The minimum absolute atomic E-state index is 0.0587. The van der Waals surface area contributed by atoms with Gasteiger partial charge in [-0.2, -0.15) is 0 Å². The van der Waals surface area contributed by atoms with Crippen molar-refractivity contribution in [1.82, 2.24) is 5.32 Å². The van der Waals surface area contributed by atoms with Crippen molar-refractivity contribution in [2.24, 2.45) is 0 Å². The molecule has 0 aliphatic carbocycles. The summed E-state index contributed by atoms with van der Waals surface area (Å²) in [5.74, 6) is 0.783. The molecule has 0 radical (unpaired) electrons. The van der Waals surface area contributed by atoms with E-state index in [1.54, 1.807) is 7.11 Å². The van der Waals surface area contributed by atoms with Gasteiger partial charge in [-0.15, -0.1) is 0 Å². The van der Waals surface area contributed by atoms with E-state index < -0.39 is 0 Å². The summed E-state index contributed by atoms with van der Waals surface area (Å²) in [4.78, 5) is 11.9. The van der Waals surface area contributed by atoms with Crippen molar-refractivity contribution in [3.63, 3.8) is 0 Å². The van der Waals surface area contributed by atoms with Gasteiger partial charge in [0, 0.05) is 17.3 Å². The Labute approximate surface area is 141 Å². The first kappa shape index (κ1) is 17.2. The van der Waals surface area contributed by atoms with Crippen LogP contribution in [-0.2, 0) is 11.2 Å². The fourth-order valence-corrected chi connectivity index (χ4v) is 2.37. The van der Waals surface area contributed by atoms with Crippen molar-refractivity contribution in [2.45, 2.75) is 13.3 Å². The molecule has 0 heterocycles. The summed E-state index contributed by atoms with van der Waals surface area (Å²) in [5.41, 5.74) is 2.92. The van der Waals surface area contributed by atoms with E-state index in [9.17, 15) is 4.79 Å².